The lowest BCUT2D eigenvalue weighted by atomic mass is 10.1. The van der Waals surface area contributed by atoms with Gasteiger partial charge in [-0.2, -0.15) is 13.2 Å². The summed E-state index contributed by atoms with van der Waals surface area (Å²) < 4.78 is 37.6. The maximum absolute atomic E-state index is 12.5. The lowest BCUT2D eigenvalue weighted by Crippen LogP contribution is -2.13. The molecule has 2 nitrogen and oxygen atoms in total. The smallest absolute Gasteiger partial charge is 0.344 e. The van der Waals surface area contributed by atoms with Gasteiger partial charge in [0, 0.05) is 25.0 Å². The average molecular weight is 280 g/mol. The van der Waals surface area contributed by atoms with Crippen LogP contribution in [0.3, 0.4) is 0 Å². The van der Waals surface area contributed by atoms with Crippen molar-refractivity contribution in [3.05, 3.63) is 59.7 Å². The molecule has 0 aromatic heterocycles. The van der Waals surface area contributed by atoms with Crippen molar-refractivity contribution in [2.45, 2.75) is 12.7 Å². The molecule has 0 aliphatic carbocycles. The van der Waals surface area contributed by atoms with Gasteiger partial charge in [0.15, 0.2) is 0 Å². The summed E-state index contributed by atoms with van der Waals surface area (Å²) in [7, 11) is 1.80. The second kappa shape index (κ2) is 5.54. The second-order valence-electron chi connectivity index (χ2n) is 4.44. The minimum Gasteiger partial charge on any atom is -0.344 e. The summed E-state index contributed by atoms with van der Waals surface area (Å²) in [6, 6.07) is 12.6. The van der Waals surface area contributed by atoms with Crippen LogP contribution in [0.15, 0.2) is 48.5 Å². The highest BCUT2D eigenvalue weighted by molar-refractivity contribution is 5.66. The normalized spacial score (nSPS) is 11.4. The minimum absolute atomic E-state index is 0.376. The molecule has 0 aliphatic heterocycles. The van der Waals surface area contributed by atoms with E-state index in [9.17, 15) is 13.2 Å². The molecule has 0 spiro atoms. The van der Waals surface area contributed by atoms with Crippen LogP contribution in [-0.4, -0.2) is 7.05 Å². The Morgan fingerprint density at radius 3 is 2.15 bits per heavy atom. The Morgan fingerprint density at radius 1 is 1.00 bits per heavy atom. The van der Waals surface area contributed by atoms with Gasteiger partial charge in [-0.15, -0.1) is 0 Å². The monoisotopic (exact) mass is 280 g/mol. The highest BCUT2D eigenvalue weighted by atomic mass is 19.4. The fourth-order valence-electron chi connectivity index (χ4n) is 2.02. The summed E-state index contributed by atoms with van der Waals surface area (Å²) in [6.07, 6.45) is -4.31. The van der Waals surface area contributed by atoms with Crippen LogP contribution in [0, 0.1) is 0 Å². The molecule has 0 amide bonds. The molecule has 0 bridgehead atoms. The highest BCUT2D eigenvalue weighted by Gasteiger charge is 2.30. The van der Waals surface area contributed by atoms with E-state index in [2.05, 4.69) is 0 Å². The van der Waals surface area contributed by atoms with Crippen LogP contribution in [0.4, 0.5) is 24.5 Å². The summed E-state index contributed by atoms with van der Waals surface area (Å²) in [6.45, 7) is 0.376. The first-order valence-electron chi connectivity index (χ1n) is 6.12. The topological polar surface area (TPSA) is 29.3 Å². The molecule has 0 aliphatic rings. The van der Waals surface area contributed by atoms with Crippen molar-refractivity contribution in [3.63, 3.8) is 0 Å². The second-order valence-corrected chi connectivity index (χ2v) is 4.44. The Hall–Kier alpha value is -2.01. The summed E-state index contributed by atoms with van der Waals surface area (Å²) >= 11 is 0. The van der Waals surface area contributed by atoms with Crippen molar-refractivity contribution >= 4 is 11.4 Å². The van der Waals surface area contributed by atoms with Crippen molar-refractivity contribution in [3.8, 4) is 0 Å². The zero-order valence-corrected chi connectivity index (χ0v) is 11.0. The summed E-state index contributed by atoms with van der Waals surface area (Å²) in [5.74, 6) is 0. The van der Waals surface area contributed by atoms with Crippen LogP contribution in [0.2, 0.25) is 0 Å². The lowest BCUT2D eigenvalue weighted by molar-refractivity contribution is -0.137. The zero-order valence-electron chi connectivity index (χ0n) is 11.0. The van der Waals surface area contributed by atoms with Gasteiger partial charge in [0.05, 0.1) is 5.56 Å². The van der Waals surface area contributed by atoms with Gasteiger partial charge < -0.3 is 10.6 Å². The standard InChI is InChI=1S/C15H15F3N2/c1-20(14-5-3-2-4-11(14)10-19)13-8-6-12(7-9-13)15(16,17)18/h2-9H,10,19H2,1H3. The molecule has 2 aromatic carbocycles. The molecule has 0 atom stereocenters. The van der Waals surface area contributed by atoms with Gasteiger partial charge in [-0.3, -0.25) is 0 Å². The SMILES string of the molecule is CN(c1ccc(C(F)(F)F)cc1)c1ccccc1CN. The molecule has 2 aromatic rings. The van der Waals surface area contributed by atoms with Crippen molar-refractivity contribution in [1.29, 1.82) is 0 Å². The first-order chi connectivity index (χ1) is 9.43. The van der Waals surface area contributed by atoms with Gasteiger partial charge in [0.25, 0.3) is 0 Å². The third-order valence-corrected chi connectivity index (χ3v) is 3.15. The molecule has 0 saturated heterocycles. The molecule has 0 unspecified atom stereocenters. The lowest BCUT2D eigenvalue weighted by Gasteiger charge is -2.22. The molecular formula is C15H15F3N2. The fourth-order valence-corrected chi connectivity index (χ4v) is 2.02. The van der Waals surface area contributed by atoms with Crippen LogP contribution in [0.5, 0.6) is 0 Å². The number of para-hydroxylation sites is 1. The van der Waals surface area contributed by atoms with Crippen molar-refractivity contribution in [1.82, 2.24) is 0 Å². The molecule has 20 heavy (non-hydrogen) atoms. The van der Waals surface area contributed by atoms with E-state index >= 15 is 0 Å². The van der Waals surface area contributed by atoms with Crippen LogP contribution < -0.4 is 10.6 Å². The number of alkyl halides is 3. The Kier molecular flexibility index (Phi) is 3.99. The van der Waals surface area contributed by atoms with E-state index in [0.29, 0.717) is 12.2 Å². The third-order valence-electron chi connectivity index (χ3n) is 3.15. The number of benzene rings is 2. The number of hydrogen-bond donors (Lipinski definition) is 1. The van der Waals surface area contributed by atoms with Crippen LogP contribution in [0.1, 0.15) is 11.1 Å². The van der Waals surface area contributed by atoms with Gasteiger partial charge in [-0.25, -0.2) is 0 Å². The van der Waals surface area contributed by atoms with Crippen LogP contribution in [-0.2, 0) is 12.7 Å². The van der Waals surface area contributed by atoms with E-state index < -0.39 is 11.7 Å². The first kappa shape index (κ1) is 14.4. The van der Waals surface area contributed by atoms with Gasteiger partial charge >= 0.3 is 6.18 Å². The highest BCUT2D eigenvalue weighted by Crippen LogP contribution is 2.32. The average Bonchev–Trinajstić information content (AvgIpc) is 2.45. The maximum atomic E-state index is 12.5. The quantitative estimate of drug-likeness (QED) is 0.923. The van der Waals surface area contributed by atoms with E-state index in [1.165, 1.54) is 12.1 Å². The van der Waals surface area contributed by atoms with Crippen molar-refractivity contribution in [2.75, 3.05) is 11.9 Å². The Balaban J connectivity index is 2.32. The Morgan fingerprint density at radius 2 is 1.60 bits per heavy atom. The van der Waals surface area contributed by atoms with Gasteiger partial charge in [-0.05, 0) is 35.9 Å². The molecular weight excluding hydrogens is 265 g/mol. The number of nitrogens with zero attached hydrogens (tertiary/aromatic N) is 1. The van der Waals surface area contributed by atoms with Crippen molar-refractivity contribution in [2.24, 2.45) is 5.73 Å². The Bertz CT molecular complexity index is 576. The molecule has 5 heteroatoms. The van der Waals surface area contributed by atoms with Gasteiger partial charge in [0.2, 0.25) is 0 Å². The fraction of sp³-hybridized carbons (Fsp3) is 0.200. The third kappa shape index (κ3) is 2.93. The van der Waals surface area contributed by atoms with Crippen LogP contribution >= 0.6 is 0 Å². The molecule has 0 radical (unpaired) electrons. The number of anilines is 2. The predicted octanol–water partition coefficient (Wildman–Crippen LogP) is 3.93. The molecule has 0 fully saturated rings. The zero-order chi connectivity index (χ0) is 14.8. The molecule has 2 rings (SSSR count). The van der Waals surface area contributed by atoms with E-state index in [-0.39, 0.29) is 0 Å². The predicted molar refractivity (Wildman–Crippen MR) is 73.8 cm³/mol. The van der Waals surface area contributed by atoms with Gasteiger partial charge in [-0.1, -0.05) is 18.2 Å². The van der Waals surface area contributed by atoms with E-state index in [1.807, 2.05) is 29.2 Å². The van der Waals surface area contributed by atoms with Crippen LogP contribution in [0.25, 0.3) is 0 Å². The molecule has 0 saturated carbocycles. The van der Waals surface area contributed by atoms with E-state index in [1.54, 1.807) is 7.05 Å². The minimum atomic E-state index is -4.31. The number of rotatable bonds is 3. The van der Waals surface area contributed by atoms with Gasteiger partial charge in [0.1, 0.15) is 0 Å². The first-order valence-corrected chi connectivity index (χ1v) is 6.12. The number of halogens is 3. The Labute approximate surface area is 115 Å². The molecule has 2 N–H and O–H groups in total. The summed E-state index contributed by atoms with van der Waals surface area (Å²) in [4.78, 5) is 1.82. The maximum Gasteiger partial charge on any atom is 0.416 e. The summed E-state index contributed by atoms with van der Waals surface area (Å²) in [5, 5.41) is 0. The summed E-state index contributed by atoms with van der Waals surface area (Å²) in [5.41, 5.74) is 7.52. The molecule has 0 heterocycles. The molecule has 106 valence electrons. The van der Waals surface area contributed by atoms with Crippen molar-refractivity contribution < 1.29 is 13.2 Å². The van der Waals surface area contributed by atoms with E-state index in [0.717, 1.165) is 23.4 Å². The largest absolute Gasteiger partial charge is 0.416 e. The number of hydrogen-bond acceptors (Lipinski definition) is 2. The number of nitrogens with two attached hydrogens (primary N) is 1. The van der Waals surface area contributed by atoms with E-state index in [4.69, 9.17) is 5.73 Å².